The molecule has 0 unspecified atom stereocenters. The second-order valence-corrected chi connectivity index (χ2v) is 7.01. The highest BCUT2D eigenvalue weighted by atomic mass is 35.5. The average molecular weight is 376 g/mol. The van der Waals surface area contributed by atoms with Crippen molar-refractivity contribution in [3.05, 3.63) is 88.7 Å². The van der Waals surface area contributed by atoms with Crippen LogP contribution in [0.5, 0.6) is 0 Å². The molecule has 1 N–H and O–H groups in total. The number of carbonyl (C=O) groups excluding carboxylic acids is 1. The number of hydrogen-bond acceptors (Lipinski definition) is 2. The molecule has 27 heavy (non-hydrogen) atoms. The smallest absolute Gasteiger partial charge is 0.274 e. The summed E-state index contributed by atoms with van der Waals surface area (Å²) in [4.78, 5) is 17.9. The Morgan fingerprint density at radius 1 is 0.926 bits per heavy atom. The minimum Gasteiger partial charge on any atom is -0.321 e. The molecule has 0 aliphatic carbocycles. The van der Waals surface area contributed by atoms with Crippen molar-refractivity contribution in [2.75, 3.05) is 5.32 Å². The number of nitrogens with one attached hydrogen (secondary N) is 1. The molecule has 0 bridgehead atoms. The summed E-state index contributed by atoms with van der Waals surface area (Å²) in [6.07, 6.45) is 1.93. The highest BCUT2D eigenvalue weighted by Gasteiger charge is 2.21. The summed E-state index contributed by atoms with van der Waals surface area (Å²) in [5.74, 6) is -0.217. The topological polar surface area (TPSA) is 46.4 Å². The van der Waals surface area contributed by atoms with E-state index in [0.29, 0.717) is 22.1 Å². The second-order valence-electron chi connectivity index (χ2n) is 6.57. The second kappa shape index (κ2) is 6.89. The fourth-order valence-electron chi connectivity index (χ4n) is 3.00. The molecule has 0 radical (unpaired) electrons. The van der Waals surface area contributed by atoms with Crippen molar-refractivity contribution in [2.45, 2.75) is 13.8 Å². The number of imidazole rings is 1. The van der Waals surface area contributed by atoms with Crippen LogP contribution >= 0.6 is 11.6 Å². The van der Waals surface area contributed by atoms with Gasteiger partial charge in [0.2, 0.25) is 0 Å². The summed E-state index contributed by atoms with van der Waals surface area (Å²) in [6.45, 7) is 4.02. The Bertz CT molecular complexity index is 1130. The summed E-state index contributed by atoms with van der Waals surface area (Å²) < 4.78 is 1.84. The summed E-state index contributed by atoms with van der Waals surface area (Å²) in [7, 11) is 0. The van der Waals surface area contributed by atoms with E-state index in [4.69, 9.17) is 16.6 Å². The van der Waals surface area contributed by atoms with Crippen LogP contribution in [0, 0.1) is 13.8 Å². The van der Waals surface area contributed by atoms with E-state index in [1.165, 1.54) is 0 Å². The molecule has 0 saturated carbocycles. The zero-order valence-electron chi connectivity index (χ0n) is 15.0. The normalized spacial score (nSPS) is 10.9. The highest BCUT2D eigenvalue weighted by molar-refractivity contribution is 6.30. The molecule has 0 spiro atoms. The number of aryl methyl sites for hydroxylation is 2. The van der Waals surface area contributed by atoms with Crippen LogP contribution in [0.1, 0.15) is 21.6 Å². The van der Waals surface area contributed by atoms with Gasteiger partial charge in [-0.25, -0.2) is 4.98 Å². The van der Waals surface area contributed by atoms with Gasteiger partial charge >= 0.3 is 0 Å². The minimum atomic E-state index is -0.217. The van der Waals surface area contributed by atoms with E-state index in [9.17, 15) is 4.79 Å². The van der Waals surface area contributed by atoms with E-state index in [0.717, 1.165) is 22.3 Å². The third-order valence-corrected chi connectivity index (χ3v) is 4.66. The van der Waals surface area contributed by atoms with Crippen LogP contribution in [0.4, 0.5) is 5.69 Å². The van der Waals surface area contributed by atoms with Crippen LogP contribution < -0.4 is 5.32 Å². The van der Waals surface area contributed by atoms with Gasteiger partial charge in [0.25, 0.3) is 5.91 Å². The van der Waals surface area contributed by atoms with Crippen molar-refractivity contribution >= 4 is 28.8 Å². The van der Waals surface area contributed by atoms with Gasteiger partial charge in [0.05, 0.1) is 0 Å². The van der Waals surface area contributed by atoms with E-state index < -0.39 is 0 Å². The van der Waals surface area contributed by atoms with Gasteiger partial charge in [0.1, 0.15) is 17.0 Å². The number of nitrogens with zero attached hydrogens (tertiary/aromatic N) is 2. The lowest BCUT2D eigenvalue weighted by molar-refractivity contribution is 0.102. The van der Waals surface area contributed by atoms with Crippen molar-refractivity contribution in [1.29, 1.82) is 0 Å². The standard InChI is InChI=1S/C22H18ClN3O/c1-14-3-6-16(7-4-14)20-21(26-13-15(2)5-12-19(26)25-20)22(27)24-18-10-8-17(23)9-11-18/h3-13H,1-2H3,(H,24,27). The Kier molecular flexibility index (Phi) is 4.42. The summed E-state index contributed by atoms with van der Waals surface area (Å²) >= 11 is 5.93. The largest absolute Gasteiger partial charge is 0.321 e. The first-order valence-corrected chi connectivity index (χ1v) is 9.02. The number of fused-ring (bicyclic) bond motifs is 1. The highest BCUT2D eigenvalue weighted by Crippen LogP contribution is 2.26. The molecular weight excluding hydrogens is 358 g/mol. The van der Waals surface area contributed by atoms with E-state index >= 15 is 0 Å². The van der Waals surface area contributed by atoms with Gasteiger partial charge in [-0.15, -0.1) is 0 Å². The maximum atomic E-state index is 13.1. The van der Waals surface area contributed by atoms with Crippen LogP contribution in [-0.4, -0.2) is 15.3 Å². The molecule has 4 rings (SSSR count). The molecule has 0 fully saturated rings. The molecule has 4 nitrogen and oxygen atoms in total. The molecule has 2 heterocycles. The van der Waals surface area contributed by atoms with Gasteiger partial charge in [-0.05, 0) is 49.7 Å². The number of rotatable bonds is 3. The number of pyridine rings is 1. The SMILES string of the molecule is Cc1ccc(-c2nc3ccc(C)cn3c2C(=O)Nc2ccc(Cl)cc2)cc1. The predicted octanol–water partition coefficient (Wildman–Crippen LogP) is 5.52. The van der Waals surface area contributed by atoms with Crippen LogP contribution in [0.25, 0.3) is 16.9 Å². The zero-order chi connectivity index (χ0) is 19.0. The Labute approximate surface area is 162 Å². The lowest BCUT2D eigenvalue weighted by Gasteiger charge is -2.08. The van der Waals surface area contributed by atoms with E-state index in [-0.39, 0.29) is 5.91 Å². The molecule has 2 aromatic heterocycles. The lowest BCUT2D eigenvalue weighted by Crippen LogP contribution is -2.15. The van der Waals surface area contributed by atoms with Gasteiger partial charge < -0.3 is 5.32 Å². The molecular formula is C22H18ClN3O. The van der Waals surface area contributed by atoms with Gasteiger partial charge in [0, 0.05) is 22.5 Å². The molecule has 0 atom stereocenters. The van der Waals surface area contributed by atoms with E-state index in [2.05, 4.69) is 5.32 Å². The van der Waals surface area contributed by atoms with E-state index in [1.54, 1.807) is 24.3 Å². The summed E-state index contributed by atoms with van der Waals surface area (Å²) in [5, 5.41) is 3.57. The number of anilines is 1. The number of benzene rings is 2. The molecule has 0 aliphatic rings. The average Bonchev–Trinajstić information content (AvgIpc) is 3.03. The number of hydrogen-bond donors (Lipinski definition) is 1. The van der Waals surface area contributed by atoms with Crippen molar-refractivity contribution in [2.24, 2.45) is 0 Å². The first kappa shape index (κ1) is 17.3. The van der Waals surface area contributed by atoms with Crippen molar-refractivity contribution in [3.8, 4) is 11.3 Å². The maximum Gasteiger partial charge on any atom is 0.274 e. The number of halogens is 1. The van der Waals surface area contributed by atoms with Gasteiger partial charge in [0.15, 0.2) is 0 Å². The molecule has 5 heteroatoms. The van der Waals surface area contributed by atoms with Crippen LogP contribution in [-0.2, 0) is 0 Å². The fraction of sp³-hybridized carbons (Fsp3) is 0.0909. The van der Waals surface area contributed by atoms with E-state index in [1.807, 2.05) is 60.8 Å². The molecule has 4 aromatic rings. The third-order valence-electron chi connectivity index (χ3n) is 4.41. The van der Waals surface area contributed by atoms with Crippen LogP contribution in [0.2, 0.25) is 5.02 Å². The number of carbonyl (C=O) groups is 1. The maximum absolute atomic E-state index is 13.1. The van der Waals surface area contributed by atoms with Gasteiger partial charge in [-0.1, -0.05) is 47.5 Å². The van der Waals surface area contributed by atoms with Gasteiger partial charge in [-0.3, -0.25) is 9.20 Å². The molecule has 0 saturated heterocycles. The monoisotopic (exact) mass is 375 g/mol. The summed E-state index contributed by atoms with van der Waals surface area (Å²) in [6, 6.07) is 19.0. The Morgan fingerprint density at radius 2 is 1.59 bits per heavy atom. The predicted molar refractivity (Wildman–Crippen MR) is 110 cm³/mol. The molecule has 0 aliphatic heterocycles. The van der Waals surface area contributed by atoms with Crippen molar-refractivity contribution in [3.63, 3.8) is 0 Å². The Hall–Kier alpha value is -3.11. The van der Waals surface area contributed by atoms with Gasteiger partial charge in [-0.2, -0.15) is 0 Å². The number of aromatic nitrogens is 2. The summed E-state index contributed by atoms with van der Waals surface area (Å²) in [5.41, 5.74) is 5.70. The molecule has 1 amide bonds. The zero-order valence-corrected chi connectivity index (χ0v) is 15.8. The minimum absolute atomic E-state index is 0.217. The quantitative estimate of drug-likeness (QED) is 0.512. The third kappa shape index (κ3) is 3.44. The molecule has 2 aromatic carbocycles. The van der Waals surface area contributed by atoms with Crippen molar-refractivity contribution < 1.29 is 4.79 Å². The van der Waals surface area contributed by atoms with Crippen LogP contribution in [0.3, 0.4) is 0 Å². The van der Waals surface area contributed by atoms with Crippen LogP contribution in [0.15, 0.2) is 66.9 Å². The van der Waals surface area contributed by atoms with Crippen molar-refractivity contribution in [1.82, 2.24) is 9.38 Å². The Balaban J connectivity index is 1.84. The molecule has 134 valence electrons. The fourth-order valence-corrected chi connectivity index (χ4v) is 3.13. The Morgan fingerprint density at radius 3 is 2.30 bits per heavy atom. The first-order chi connectivity index (χ1) is 13.0. The lowest BCUT2D eigenvalue weighted by atomic mass is 10.1. The number of amides is 1. The first-order valence-electron chi connectivity index (χ1n) is 8.64.